The first-order chi connectivity index (χ1) is 12.2. The molecule has 5 nitrogen and oxygen atoms in total. The molecule has 3 aromatic rings. The molecule has 4 heterocycles. The predicted molar refractivity (Wildman–Crippen MR) is 101 cm³/mol. The van der Waals surface area contributed by atoms with Crippen molar-refractivity contribution in [2.45, 2.75) is 32.6 Å². The van der Waals surface area contributed by atoms with E-state index in [4.69, 9.17) is 9.97 Å². The highest BCUT2D eigenvalue weighted by Gasteiger charge is 2.25. The maximum Gasteiger partial charge on any atom is 0.163 e. The van der Waals surface area contributed by atoms with Crippen LogP contribution in [0.15, 0.2) is 36.0 Å². The third-order valence-electron chi connectivity index (χ3n) is 4.49. The molecule has 0 amide bonds. The van der Waals surface area contributed by atoms with E-state index in [0.29, 0.717) is 5.92 Å². The molecule has 1 aliphatic rings. The second-order valence-corrected chi connectivity index (χ2v) is 7.43. The van der Waals surface area contributed by atoms with Crippen molar-refractivity contribution in [3.8, 4) is 11.4 Å². The Morgan fingerprint density at radius 3 is 2.84 bits per heavy atom. The van der Waals surface area contributed by atoms with Crippen molar-refractivity contribution in [2.24, 2.45) is 0 Å². The Hall–Kier alpha value is -2.34. The fourth-order valence-corrected chi connectivity index (χ4v) is 4.21. The van der Waals surface area contributed by atoms with Gasteiger partial charge >= 0.3 is 0 Å². The quantitative estimate of drug-likeness (QED) is 0.714. The van der Waals surface area contributed by atoms with Crippen LogP contribution in [0.3, 0.4) is 0 Å². The van der Waals surface area contributed by atoms with Gasteiger partial charge in [0.1, 0.15) is 5.82 Å². The number of piperidine rings is 1. The van der Waals surface area contributed by atoms with E-state index in [1.807, 2.05) is 25.3 Å². The van der Waals surface area contributed by atoms with Gasteiger partial charge in [0.15, 0.2) is 5.82 Å². The lowest BCUT2D eigenvalue weighted by Gasteiger charge is -2.33. The van der Waals surface area contributed by atoms with Gasteiger partial charge in [-0.1, -0.05) is 0 Å². The minimum absolute atomic E-state index is 0.490. The van der Waals surface area contributed by atoms with Crippen LogP contribution >= 0.6 is 11.3 Å². The van der Waals surface area contributed by atoms with Crippen LogP contribution in [0, 0.1) is 13.8 Å². The fourth-order valence-electron chi connectivity index (χ4n) is 3.28. The Kier molecular flexibility index (Phi) is 4.44. The van der Waals surface area contributed by atoms with Crippen LogP contribution in [0.2, 0.25) is 0 Å². The van der Waals surface area contributed by atoms with Crippen LogP contribution in [-0.4, -0.2) is 33.0 Å². The minimum atomic E-state index is 0.490. The highest BCUT2D eigenvalue weighted by molar-refractivity contribution is 7.09. The number of pyridine rings is 1. The van der Waals surface area contributed by atoms with Crippen LogP contribution in [0.5, 0.6) is 0 Å². The first kappa shape index (κ1) is 16.1. The molecule has 0 unspecified atom stereocenters. The Balaban J connectivity index is 1.61. The van der Waals surface area contributed by atoms with E-state index in [1.54, 1.807) is 17.5 Å². The van der Waals surface area contributed by atoms with Crippen LogP contribution in [0.4, 0.5) is 5.82 Å². The van der Waals surface area contributed by atoms with E-state index in [1.165, 1.54) is 11.4 Å². The number of thiazole rings is 1. The van der Waals surface area contributed by atoms with Crippen molar-refractivity contribution < 1.29 is 0 Å². The summed E-state index contributed by atoms with van der Waals surface area (Å²) in [6.45, 7) is 6.09. The summed E-state index contributed by atoms with van der Waals surface area (Å²) in [5.41, 5.74) is 3.06. The number of hydrogen-bond donors (Lipinski definition) is 0. The van der Waals surface area contributed by atoms with E-state index >= 15 is 0 Å². The third-order valence-corrected chi connectivity index (χ3v) is 5.62. The van der Waals surface area contributed by atoms with Gasteiger partial charge in [0, 0.05) is 59.8 Å². The molecule has 0 bridgehead atoms. The second kappa shape index (κ2) is 6.88. The molecule has 1 atom stereocenters. The van der Waals surface area contributed by atoms with Gasteiger partial charge in [-0.15, -0.1) is 11.3 Å². The summed E-state index contributed by atoms with van der Waals surface area (Å²) >= 11 is 1.78. The maximum atomic E-state index is 4.82. The molecular weight excluding hydrogens is 330 g/mol. The van der Waals surface area contributed by atoms with Gasteiger partial charge < -0.3 is 4.90 Å². The summed E-state index contributed by atoms with van der Waals surface area (Å²) in [6, 6.07) is 6.00. The lowest BCUT2D eigenvalue weighted by Crippen LogP contribution is -2.35. The molecule has 25 heavy (non-hydrogen) atoms. The molecule has 6 heteroatoms. The number of nitrogens with zero attached hydrogens (tertiary/aromatic N) is 5. The minimum Gasteiger partial charge on any atom is -0.356 e. The van der Waals surface area contributed by atoms with Crippen molar-refractivity contribution in [1.29, 1.82) is 0 Å². The Morgan fingerprint density at radius 2 is 2.08 bits per heavy atom. The van der Waals surface area contributed by atoms with Crippen LogP contribution in [0.25, 0.3) is 11.4 Å². The summed E-state index contributed by atoms with van der Waals surface area (Å²) in [7, 11) is 0. The summed E-state index contributed by atoms with van der Waals surface area (Å²) in [4.78, 5) is 20.7. The van der Waals surface area contributed by atoms with Crippen molar-refractivity contribution in [3.63, 3.8) is 0 Å². The van der Waals surface area contributed by atoms with E-state index in [-0.39, 0.29) is 0 Å². The molecule has 1 aliphatic heterocycles. The molecule has 0 saturated carbocycles. The summed E-state index contributed by atoms with van der Waals surface area (Å²) < 4.78 is 0. The topological polar surface area (TPSA) is 54.8 Å². The molecule has 0 spiro atoms. The van der Waals surface area contributed by atoms with Gasteiger partial charge in [0.05, 0.1) is 5.01 Å². The SMILES string of the molecule is Cc1cc(N2CCC[C@H](c3nc(C)cs3)C2)nc(-c2cccnc2)n1. The molecule has 3 aromatic heterocycles. The zero-order valence-corrected chi connectivity index (χ0v) is 15.3. The van der Waals surface area contributed by atoms with E-state index in [2.05, 4.69) is 33.2 Å². The Bertz CT molecular complexity index is 861. The first-order valence-corrected chi connectivity index (χ1v) is 9.50. The van der Waals surface area contributed by atoms with Crippen molar-refractivity contribution >= 4 is 17.2 Å². The molecule has 0 radical (unpaired) electrons. The normalized spacial score (nSPS) is 17.7. The van der Waals surface area contributed by atoms with Crippen molar-refractivity contribution in [3.05, 3.63) is 52.4 Å². The molecule has 4 rings (SSSR count). The van der Waals surface area contributed by atoms with Gasteiger partial charge in [0.2, 0.25) is 0 Å². The van der Waals surface area contributed by atoms with Crippen molar-refractivity contribution in [2.75, 3.05) is 18.0 Å². The summed E-state index contributed by atoms with van der Waals surface area (Å²) in [6.07, 6.45) is 5.94. The number of anilines is 1. The van der Waals surface area contributed by atoms with Crippen LogP contribution in [0.1, 0.15) is 35.2 Å². The number of hydrogen-bond acceptors (Lipinski definition) is 6. The Morgan fingerprint density at radius 1 is 1.16 bits per heavy atom. The van der Waals surface area contributed by atoms with Crippen LogP contribution < -0.4 is 4.90 Å². The molecular formula is C19H21N5S. The van der Waals surface area contributed by atoms with E-state index in [9.17, 15) is 0 Å². The van der Waals surface area contributed by atoms with Gasteiger partial charge in [-0.05, 0) is 38.8 Å². The lowest BCUT2D eigenvalue weighted by molar-refractivity contribution is 0.505. The molecule has 128 valence electrons. The predicted octanol–water partition coefficient (Wildman–Crippen LogP) is 4.00. The van der Waals surface area contributed by atoms with Crippen LogP contribution in [-0.2, 0) is 0 Å². The second-order valence-electron chi connectivity index (χ2n) is 6.55. The smallest absolute Gasteiger partial charge is 0.163 e. The van der Waals surface area contributed by atoms with Crippen molar-refractivity contribution in [1.82, 2.24) is 19.9 Å². The zero-order chi connectivity index (χ0) is 17.2. The highest BCUT2D eigenvalue weighted by atomic mass is 32.1. The van der Waals surface area contributed by atoms with Gasteiger partial charge in [-0.25, -0.2) is 15.0 Å². The lowest BCUT2D eigenvalue weighted by atomic mass is 9.98. The average Bonchev–Trinajstić information content (AvgIpc) is 3.08. The fraction of sp³-hybridized carbons (Fsp3) is 0.368. The maximum absolute atomic E-state index is 4.82. The monoisotopic (exact) mass is 351 g/mol. The van der Waals surface area contributed by atoms with Gasteiger partial charge in [0.25, 0.3) is 0 Å². The molecule has 0 aromatic carbocycles. The standard InChI is InChI=1S/C19H21N5S/c1-13-9-17(23-18(21-13)15-5-3-7-20-10-15)24-8-4-6-16(11-24)19-22-14(2)12-25-19/h3,5,7,9-10,12,16H,4,6,8,11H2,1-2H3/t16-/m0/s1. The average molecular weight is 351 g/mol. The summed E-state index contributed by atoms with van der Waals surface area (Å²) in [5, 5.41) is 3.39. The first-order valence-electron chi connectivity index (χ1n) is 8.62. The molecule has 0 aliphatic carbocycles. The molecule has 0 N–H and O–H groups in total. The van der Waals surface area contributed by atoms with Gasteiger partial charge in [-0.2, -0.15) is 0 Å². The largest absolute Gasteiger partial charge is 0.356 e. The number of aryl methyl sites for hydroxylation is 2. The third kappa shape index (κ3) is 3.54. The van der Waals surface area contributed by atoms with Gasteiger partial charge in [-0.3, -0.25) is 4.98 Å². The van der Waals surface area contributed by atoms with E-state index in [0.717, 1.165) is 48.1 Å². The summed E-state index contributed by atoms with van der Waals surface area (Å²) in [5.74, 6) is 2.24. The highest BCUT2D eigenvalue weighted by Crippen LogP contribution is 2.31. The zero-order valence-electron chi connectivity index (χ0n) is 14.5. The van der Waals surface area contributed by atoms with E-state index < -0.39 is 0 Å². The number of rotatable bonds is 3. The number of aromatic nitrogens is 4. The molecule has 1 fully saturated rings. The Labute approximate surface area is 151 Å². The molecule has 1 saturated heterocycles.